The van der Waals surface area contributed by atoms with E-state index in [4.69, 9.17) is 9.47 Å². The van der Waals surface area contributed by atoms with Gasteiger partial charge in [0.2, 0.25) is 5.91 Å². The molecule has 1 aliphatic rings. The van der Waals surface area contributed by atoms with Gasteiger partial charge >= 0.3 is 5.97 Å². The topological polar surface area (TPSA) is 64.6 Å². The highest BCUT2D eigenvalue weighted by molar-refractivity contribution is 5.84. The molecule has 0 aliphatic heterocycles. The zero-order valence-corrected chi connectivity index (χ0v) is 18.5. The molecular weight excluding hydrogens is 390 g/mol. The number of methoxy groups -OCH3 is 1. The normalized spacial score (nSPS) is 19.3. The SMILES string of the molecule is COC(=O)[C@H](Cc1ccc(OCc2ccccc2)cc1)NC(=O)CC1CCC(C)CC1. The van der Waals surface area contributed by atoms with Gasteiger partial charge in [-0.3, -0.25) is 4.79 Å². The molecule has 1 saturated carbocycles. The Labute approximate surface area is 185 Å². The van der Waals surface area contributed by atoms with Crippen LogP contribution in [0.1, 0.15) is 50.2 Å². The van der Waals surface area contributed by atoms with Crippen LogP contribution in [0.5, 0.6) is 5.75 Å². The Kier molecular flexibility index (Phi) is 8.51. The van der Waals surface area contributed by atoms with Crippen molar-refractivity contribution < 1.29 is 19.1 Å². The molecule has 0 aromatic heterocycles. The number of hydrogen-bond donors (Lipinski definition) is 1. The Hall–Kier alpha value is -2.82. The lowest BCUT2D eigenvalue weighted by Crippen LogP contribution is -2.43. The molecule has 2 aromatic carbocycles. The molecule has 1 N–H and O–H groups in total. The summed E-state index contributed by atoms with van der Waals surface area (Å²) in [6, 6.07) is 16.9. The lowest BCUT2D eigenvalue weighted by molar-refractivity contribution is -0.145. The van der Waals surface area contributed by atoms with E-state index < -0.39 is 12.0 Å². The largest absolute Gasteiger partial charge is 0.489 e. The van der Waals surface area contributed by atoms with E-state index in [1.54, 1.807) is 0 Å². The maximum absolute atomic E-state index is 12.5. The fraction of sp³-hybridized carbons (Fsp3) is 0.462. The Balaban J connectivity index is 1.52. The Bertz CT molecular complexity index is 826. The summed E-state index contributed by atoms with van der Waals surface area (Å²) >= 11 is 0. The highest BCUT2D eigenvalue weighted by Crippen LogP contribution is 2.30. The summed E-state index contributed by atoms with van der Waals surface area (Å²) < 4.78 is 10.7. The Morgan fingerprint density at radius 2 is 1.65 bits per heavy atom. The van der Waals surface area contributed by atoms with Crippen LogP contribution in [0.3, 0.4) is 0 Å². The number of ether oxygens (including phenoxy) is 2. The summed E-state index contributed by atoms with van der Waals surface area (Å²) in [6.45, 7) is 2.77. The van der Waals surface area contributed by atoms with Crippen molar-refractivity contribution in [1.29, 1.82) is 0 Å². The number of carbonyl (C=O) groups excluding carboxylic acids is 2. The molecule has 0 bridgehead atoms. The van der Waals surface area contributed by atoms with Gasteiger partial charge in [-0.15, -0.1) is 0 Å². The van der Waals surface area contributed by atoms with Gasteiger partial charge < -0.3 is 14.8 Å². The van der Waals surface area contributed by atoms with Crippen LogP contribution in [0.15, 0.2) is 54.6 Å². The van der Waals surface area contributed by atoms with Crippen molar-refractivity contribution in [2.75, 3.05) is 7.11 Å². The van der Waals surface area contributed by atoms with Crippen molar-refractivity contribution in [3.63, 3.8) is 0 Å². The maximum atomic E-state index is 12.5. The van der Waals surface area contributed by atoms with Crippen LogP contribution in [-0.4, -0.2) is 25.0 Å². The first-order chi connectivity index (χ1) is 15.0. The van der Waals surface area contributed by atoms with E-state index in [9.17, 15) is 9.59 Å². The molecule has 0 heterocycles. The molecule has 0 unspecified atom stereocenters. The van der Waals surface area contributed by atoms with Crippen molar-refractivity contribution in [3.05, 3.63) is 65.7 Å². The summed E-state index contributed by atoms with van der Waals surface area (Å²) in [5.41, 5.74) is 2.04. The molecule has 1 fully saturated rings. The lowest BCUT2D eigenvalue weighted by atomic mass is 9.81. The summed E-state index contributed by atoms with van der Waals surface area (Å²) in [7, 11) is 1.35. The van der Waals surface area contributed by atoms with E-state index in [1.165, 1.54) is 20.0 Å². The van der Waals surface area contributed by atoms with Gasteiger partial charge in [0, 0.05) is 12.8 Å². The fourth-order valence-corrected chi connectivity index (χ4v) is 4.08. The van der Waals surface area contributed by atoms with Crippen molar-refractivity contribution >= 4 is 11.9 Å². The maximum Gasteiger partial charge on any atom is 0.328 e. The van der Waals surface area contributed by atoms with Crippen LogP contribution in [0, 0.1) is 11.8 Å². The molecule has 5 nitrogen and oxygen atoms in total. The van der Waals surface area contributed by atoms with E-state index >= 15 is 0 Å². The molecule has 3 rings (SSSR count). The van der Waals surface area contributed by atoms with Gasteiger partial charge in [-0.2, -0.15) is 0 Å². The lowest BCUT2D eigenvalue weighted by Gasteiger charge is -2.26. The number of rotatable bonds is 9. The predicted molar refractivity (Wildman–Crippen MR) is 121 cm³/mol. The average molecular weight is 424 g/mol. The molecule has 0 radical (unpaired) electrons. The first-order valence-electron chi connectivity index (χ1n) is 11.2. The van der Waals surface area contributed by atoms with E-state index in [0.29, 0.717) is 25.4 Å². The third-order valence-corrected chi connectivity index (χ3v) is 6.04. The minimum atomic E-state index is -0.684. The number of esters is 1. The third kappa shape index (κ3) is 7.42. The number of benzene rings is 2. The van der Waals surface area contributed by atoms with Gasteiger partial charge in [-0.1, -0.05) is 62.2 Å². The van der Waals surface area contributed by atoms with E-state index in [1.807, 2.05) is 54.6 Å². The van der Waals surface area contributed by atoms with Crippen LogP contribution in [0.4, 0.5) is 0 Å². The van der Waals surface area contributed by atoms with E-state index in [-0.39, 0.29) is 5.91 Å². The molecular formula is C26H33NO4. The van der Waals surface area contributed by atoms with Crippen molar-refractivity contribution in [3.8, 4) is 5.75 Å². The average Bonchev–Trinajstić information content (AvgIpc) is 2.80. The molecule has 0 spiro atoms. The quantitative estimate of drug-likeness (QED) is 0.595. The van der Waals surface area contributed by atoms with Crippen molar-refractivity contribution in [2.24, 2.45) is 11.8 Å². The second-order valence-electron chi connectivity index (χ2n) is 8.60. The van der Waals surface area contributed by atoms with Gasteiger partial charge in [-0.05, 0) is 47.9 Å². The van der Waals surface area contributed by atoms with Gasteiger partial charge in [0.15, 0.2) is 0 Å². The van der Waals surface area contributed by atoms with Gasteiger partial charge in [0.1, 0.15) is 18.4 Å². The van der Waals surface area contributed by atoms with Crippen LogP contribution in [-0.2, 0) is 27.4 Å². The van der Waals surface area contributed by atoms with E-state index in [2.05, 4.69) is 12.2 Å². The summed E-state index contributed by atoms with van der Waals surface area (Å²) in [5, 5.41) is 2.89. The smallest absolute Gasteiger partial charge is 0.328 e. The molecule has 1 aliphatic carbocycles. The van der Waals surface area contributed by atoms with Gasteiger partial charge in [0.25, 0.3) is 0 Å². The van der Waals surface area contributed by atoms with Crippen molar-refractivity contribution in [1.82, 2.24) is 5.32 Å². The van der Waals surface area contributed by atoms with E-state index in [0.717, 1.165) is 35.6 Å². The van der Waals surface area contributed by atoms with Crippen LogP contribution in [0.25, 0.3) is 0 Å². The molecule has 2 aromatic rings. The second kappa shape index (κ2) is 11.5. The number of carbonyl (C=O) groups is 2. The van der Waals surface area contributed by atoms with Crippen LogP contribution >= 0.6 is 0 Å². The standard InChI is InChI=1S/C26H33NO4/c1-19-8-10-21(11-9-19)17-25(28)27-24(26(29)30-2)16-20-12-14-23(15-13-20)31-18-22-6-4-3-5-7-22/h3-7,12-15,19,21,24H,8-11,16-18H2,1-2H3,(H,27,28)/t19?,21?,24-/m0/s1. The minimum Gasteiger partial charge on any atom is -0.489 e. The van der Waals surface area contributed by atoms with Crippen LogP contribution < -0.4 is 10.1 Å². The first-order valence-corrected chi connectivity index (χ1v) is 11.2. The number of nitrogens with one attached hydrogen (secondary N) is 1. The molecule has 1 atom stereocenters. The predicted octanol–water partition coefficient (Wildman–Crippen LogP) is 4.68. The molecule has 1 amide bonds. The zero-order valence-electron chi connectivity index (χ0n) is 18.5. The monoisotopic (exact) mass is 423 g/mol. The summed E-state index contributed by atoms with van der Waals surface area (Å²) in [5.74, 6) is 1.43. The number of hydrogen-bond acceptors (Lipinski definition) is 4. The highest BCUT2D eigenvalue weighted by atomic mass is 16.5. The summed E-state index contributed by atoms with van der Waals surface area (Å²) in [4.78, 5) is 24.8. The fourth-order valence-electron chi connectivity index (χ4n) is 4.08. The first kappa shape index (κ1) is 22.9. The van der Waals surface area contributed by atoms with Gasteiger partial charge in [-0.25, -0.2) is 4.79 Å². The zero-order chi connectivity index (χ0) is 22.1. The Morgan fingerprint density at radius 1 is 0.968 bits per heavy atom. The summed E-state index contributed by atoms with van der Waals surface area (Å²) in [6.07, 6.45) is 5.39. The minimum absolute atomic E-state index is 0.0715. The molecule has 0 saturated heterocycles. The number of amides is 1. The van der Waals surface area contributed by atoms with Crippen LogP contribution in [0.2, 0.25) is 0 Å². The highest BCUT2D eigenvalue weighted by Gasteiger charge is 2.25. The second-order valence-corrected chi connectivity index (χ2v) is 8.60. The molecule has 31 heavy (non-hydrogen) atoms. The molecule has 5 heteroatoms. The molecule has 166 valence electrons. The third-order valence-electron chi connectivity index (χ3n) is 6.04. The van der Waals surface area contributed by atoms with Gasteiger partial charge in [0.05, 0.1) is 7.11 Å². The van der Waals surface area contributed by atoms with Crippen molar-refractivity contribution in [2.45, 2.75) is 58.1 Å². The Morgan fingerprint density at radius 3 is 2.29 bits per heavy atom.